The first kappa shape index (κ1) is 11.9. The fourth-order valence-corrected chi connectivity index (χ4v) is 3.55. The van der Waals surface area contributed by atoms with Crippen molar-refractivity contribution >= 4 is 6.21 Å². The molecular weight excluding hydrogens is 222 g/mol. The summed E-state index contributed by atoms with van der Waals surface area (Å²) in [6, 6.07) is 11.2. The predicted molar refractivity (Wildman–Crippen MR) is 73.8 cm³/mol. The highest BCUT2D eigenvalue weighted by molar-refractivity contribution is 5.59. The predicted octanol–water partition coefficient (Wildman–Crippen LogP) is 0.789. The summed E-state index contributed by atoms with van der Waals surface area (Å²) >= 11 is 0. The van der Waals surface area contributed by atoms with E-state index in [1.165, 1.54) is 18.7 Å². The van der Waals surface area contributed by atoms with Crippen LogP contribution in [-0.2, 0) is 6.54 Å². The highest BCUT2D eigenvalue weighted by Crippen LogP contribution is 2.32. The van der Waals surface area contributed by atoms with Crippen molar-refractivity contribution in [3.63, 3.8) is 0 Å². The van der Waals surface area contributed by atoms with Gasteiger partial charge in [0.15, 0.2) is 0 Å². The smallest absolute Gasteiger partial charge is 0.147 e. The highest BCUT2D eigenvalue weighted by Gasteiger charge is 2.46. The van der Waals surface area contributed by atoms with E-state index >= 15 is 0 Å². The molecule has 0 spiro atoms. The molecule has 2 aliphatic heterocycles. The standard InChI is InChI=1S/C15H22N3/c1-17-9-13-10-18(15(7-16)14(13)11-17)8-12-5-3-2-4-6-12/h2-6,11,13-15H,7-10,16H2,1H3/q+1/t13-,14-,15+/m1/s1. The fraction of sp³-hybridized carbons (Fsp3) is 0.533. The molecule has 0 bridgehead atoms. The van der Waals surface area contributed by atoms with Gasteiger partial charge in [-0.1, -0.05) is 30.3 Å². The van der Waals surface area contributed by atoms with Crippen LogP contribution in [0.4, 0.5) is 0 Å². The van der Waals surface area contributed by atoms with Crippen molar-refractivity contribution < 1.29 is 4.58 Å². The van der Waals surface area contributed by atoms with E-state index in [9.17, 15) is 0 Å². The lowest BCUT2D eigenvalue weighted by atomic mass is 9.94. The van der Waals surface area contributed by atoms with Gasteiger partial charge in [0.1, 0.15) is 19.8 Å². The number of likely N-dealkylation sites (tertiary alicyclic amines) is 1. The molecule has 3 nitrogen and oxygen atoms in total. The number of nitrogens with zero attached hydrogens (tertiary/aromatic N) is 2. The molecule has 0 unspecified atom stereocenters. The minimum atomic E-state index is 0.514. The van der Waals surface area contributed by atoms with E-state index in [0.717, 1.165) is 19.0 Å². The summed E-state index contributed by atoms with van der Waals surface area (Å²) in [6.45, 7) is 4.17. The van der Waals surface area contributed by atoms with E-state index in [1.54, 1.807) is 0 Å². The molecule has 1 aromatic carbocycles. The molecule has 0 amide bonds. The van der Waals surface area contributed by atoms with E-state index in [0.29, 0.717) is 12.0 Å². The van der Waals surface area contributed by atoms with Gasteiger partial charge in [0.25, 0.3) is 0 Å². The number of fused-ring (bicyclic) bond motifs is 1. The number of hydrogen-bond acceptors (Lipinski definition) is 2. The Bertz CT molecular complexity index is 440. The van der Waals surface area contributed by atoms with Crippen molar-refractivity contribution in [3.05, 3.63) is 35.9 Å². The molecule has 1 aromatic rings. The number of rotatable bonds is 3. The Morgan fingerprint density at radius 2 is 2.11 bits per heavy atom. The molecule has 2 N–H and O–H groups in total. The van der Waals surface area contributed by atoms with Gasteiger partial charge >= 0.3 is 0 Å². The van der Waals surface area contributed by atoms with Gasteiger partial charge in [0.2, 0.25) is 0 Å². The van der Waals surface area contributed by atoms with Crippen LogP contribution in [0.5, 0.6) is 0 Å². The highest BCUT2D eigenvalue weighted by atomic mass is 15.2. The Balaban J connectivity index is 1.74. The van der Waals surface area contributed by atoms with E-state index in [-0.39, 0.29) is 0 Å². The molecule has 3 atom stereocenters. The van der Waals surface area contributed by atoms with E-state index in [1.807, 2.05) is 0 Å². The second-order valence-electron chi connectivity index (χ2n) is 5.64. The molecule has 0 radical (unpaired) electrons. The molecule has 2 heterocycles. The monoisotopic (exact) mass is 244 g/mol. The zero-order valence-corrected chi connectivity index (χ0v) is 11.0. The third kappa shape index (κ3) is 2.08. The third-order valence-corrected chi connectivity index (χ3v) is 4.35. The van der Waals surface area contributed by atoms with Gasteiger partial charge in [0, 0.05) is 31.6 Å². The largest absolute Gasteiger partial charge is 0.329 e. The van der Waals surface area contributed by atoms with Gasteiger partial charge < -0.3 is 5.73 Å². The van der Waals surface area contributed by atoms with Crippen molar-refractivity contribution in [3.8, 4) is 0 Å². The molecular formula is C15H22N3+. The average molecular weight is 244 g/mol. The lowest BCUT2D eigenvalue weighted by Gasteiger charge is -2.24. The van der Waals surface area contributed by atoms with Crippen molar-refractivity contribution in [2.75, 3.05) is 26.7 Å². The van der Waals surface area contributed by atoms with Crippen molar-refractivity contribution in [1.29, 1.82) is 0 Å². The Kier molecular flexibility index (Phi) is 3.18. The number of nitrogens with two attached hydrogens (primary N) is 1. The van der Waals surface area contributed by atoms with Crippen LogP contribution in [0.2, 0.25) is 0 Å². The van der Waals surface area contributed by atoms with Crippen LogP contribution in [0, 0.1) is 11.8 Å². The zero-order chi connectivity index (χ0) is 12.5. The lowest BCUT2D eigenvalue weighted by molar-refractivity contribution is -0.489. The second kappa shape index (κ2) is 4.82. The first-order valence-electron chi connectivity index (χ1n) is 6.81. The molecule has 0 saturated carbocycles. The van der Waals surface area contributed by atoms with Gasteiger partial charge in [-0.05, 0) is 5.56 Å². The van der Waals surface area contributed by atoms with Gasteiger partial charge in [-0.2, -0.15) is 0 Å². The normalized spacial score (nSPS) is 31.4. The van der Waals surface area contributed by atoms with Crippen LogP contribution >= 0.6 is 0 Å². The molecule has 0 aliphatic carbocycles. The molecule has 3 heteroatoms. The van der Waals surface area contributed by atoms with E-state index in [4.69, 9.17) is 5.73 Å². The second-order valence-corrected chi connectivity index (χ2v) is 5.64. The maximum absolute atomic E-state index is 6.00. The maximum atomic E-state index is 6.00. The molecule has 18 heavy (non-hydrogen) atoms. The summed E-state index contributed by atoms with van der Waals surface area (Å²) in [5.41, 5.74) is 7.39. The average Bonchev–Trinajstić information content (AvgIpc) is 2.85. The number of benzene rings is 1. The van der Waals surface area contributed by atoms with Gasteiger partial charge in [0.05, 0.1) is 5.92 Å². The minimum Gasteiger partial charge on any atom is -0.329 e. The first-order valence-corrected chi connectivity index (χ1v) is 6.81. The maximum Gasteiger partial charge on any atom is 0.147 e. The van der Waals surface area contributed by atoms with Crippen molar-refractivity contribution in [1.82, 2.24) is 4.90 Å². The molecule has 0 aromatic heterocycles. The zero-order valence-electron chi connectivity index (χ0n) is 11.0. The van der Waals surface area contributed by atoms with Gasteiger partial charge in [-0.25, -0.2) is 4.58 Å². The SMILES string of the molecule is C[N+]1=C[C@@H]2[C@@H](CN(Cc3ccccc3)[C@H]2CN)C1. The summed E-state index contributed by atoms with van der Waals surface area (Å²) < 4.78 is 2.33. The molecule has 3 rings (SSSR count). The van der Waals surface area contributed by atoms with Crippen LogP contribution in [0.25, 0.3) is 0 Å². The summed E-state index contributed by atoms with van der Waals surface area (Å²) in [5.74, 6) is 1.43. The number of hydrogen-bond donors (Lipinski definition) is 1. The summed E-state index contributed by atoms with van der Waals surface area (Å²) in [4.78, 5) is 2.56. The van der Waals surface area contributed by atoms with Crippen LogP contribution < -0.4 is 5.73 Å². The van der Waals surface area contributed by atoms with Crippen molar-refractivity contribution in [2.45, 2.75) is 12.6 Å². The third-order valence-electron chi connectivity index (χ3n) is 4.35. The van der Waals surface area contributed by atoms with Crippen LogP contribution in [0.1, 0.15) is 5.56 Å². The Labute approximate surface area is 109 Å². The van der Waals surface area contributed by atoms with Crippen LogP contribution in [0.15, 0.2) is 30.3 Å². The van der Waals surface area contributed by atoms with E-state index in [2.05, 4.69) is 53.1 Å². The summed E-state index contributed by atoms with van der Waals surface area (Å²) in [5, 5.41) is 0. The molecule has 1 fully saturated rings. The minimum absolute atomic E-state index is 0.514. The topological polar surface area (TPSA) is 32.3 Å². The Hall–Kier alpha value is -1.19. The van der Waals surface area contributed by atoms with Crippen LogP contribution in [0.3, 0.4) is 0 Å². The Morgan fingerprint density at radius 1 is 1.33 bits per heavy atom. The Morgan fingerprint density at radius 3 is 2.83 bits per heavy atom. The lowest BCUT2D eigenvalue weighted by Crippen LogP contribution is -2.39. The van der Waals surface area contributed by atoms with Gasteiger partial charge in [-0.15, -0.1) is 0 Å². The fourth-order valence-electron chi connectivity index (χ4n) is 3.55. The van der Waals surface area contributed by atoms with E-state index < -0.39 is 0 Å². The quantitative estimate of drug-likeness (QED) is 0.797. The van der Waals surface area contributed by atoms with Gasteiger partial charge in [-0.3, -0.25) is 4.90 Å². The van der Waals surface area contributed by atoms with Crippen molar-refractivity contribution in [2.24, 2.45) is 17.6 Å². The molecule has 2 aliphatic rings. The van der Waals surface area contributed by atoms with Crippen LogP contribution in [-0.4, -0.2) is 48.4 Å². The summed E-state index contributed by atoms with van der Waals surface area (Å²) in [7, 11) is 2.17. The molecule has 96 valence electrons. The first-order chi connectivity index (χ1) is 8.78. The summed E-state index contributed by atoms with van der Waals surface area (Å²) in [6.07, 6.45) is 2.38. The molecule has 1 saturated heterocycles.